The van der Waals surface area contributed by atoms with Crippen LogP contribution in [0.4, 0.5) is 0 Å². The number of hydrogen-bond donors (Lipinski definition) is 1. The zero-order valence-corrected chi connectivity index (χ0v) is 13.5. The average Bonchev–Trinajstić information content (AvgIpc) is 2.88. The Morgan fingerprint density at radius 2 is 2.12 bits per heavy atom. The third-order valence-corrected chi connectivity index (χ3v) is 3.55. The molecule has 1 aliphatic heterocycles. The Balaban J connectivity index is 1.94. The molecule has 0 aromatic heterocycles. The van der Waals surface area contributed by atoms with Gasteiger partial charge < -0.3 is 9.47 Å². The second-order valence-corrected chi connectivity index (χ2v) is 5.30. The minimum Gasteiger partial charge on any atom is -0.496 e. The van der Waals surface area contributed by atoms with Gasteiger partial charge in [0.15, 0.2) is 0 Å². The zero-order valence-electron chi connectivity index (χ0n) is 13.5. The van der Waals surface area contributed by atoms with E-state index in [2.05, 4.69) is 11.9 Å². The highest BCUT2D eigenvalue weighted by Gasteiger charge is 2.23. The molecule has 6 heteroatoms. The summed E-state index contributed by atoms with van der Waals surface area (Å²) in [6, 6.07) is 5.69. The first kappa shape index (κ1) is 17.5. The van der Waals surface area contributed by atoms with E-state index in [-0.39, 0.29) is 18.6 Å². The van der Waals surface area contributed by atoms with Gasteiger partial charge in [0.2, 0.25) is 0 Å². The highest BCUT2D eigenvalue weighted by atomic mass is 16.5. The van der Waals surface area contributed by atoms with Crippen LogP contribution >= 0.6 is 0 Å². The molecular weight excluding hydrogens is 310 g/mol. The lowest BCUT2D eigenvalue weighted by molar-refractivity contribution is -0.144. The Hall–Kier alpha value is -2.89. The van der Waals surface area contributed by atoms with Crippen LogP contribution < -0.4 is 10.1 Å². The average molecular weight is 329 g/mol. The molecule has 6 nitrogen and oxygen atoms in total. The number of benzene rings is 1. The Morgan fingerprint density at radius 3 is 2.75 bits per heavy atom. The van der Waals surface area contributed by atoms with Crippen molar-refractivity contribution in [2.45, 2.75) is 25.9 Å². The second kappa shape index (κ2) is 8.10. The molecule has 0 bridgehead atoms. The van der Waals surface area contributed by atoms with Crippen LogP contribution in [0.3, 0.4) is 0 Å². The van der Waals surface area contributed by atoms with E-state index in [4.69, 9.17) is 9.47 Å². The predicted molar refractivity (Wildman–Crippen MR) is 87.2 cm³/mol. The zero-order chi connectivity index (χ0) is 17.5. The minimum absolute atomic E-state index is 0.0343. The Morgan fingerprint density at radius 1 is 1.33 bits per heavy atom. The summed E-state index contributed by atoms with van der Waals surface area (Å²) < 4.78 is 10.5. The van der Waals surface area contributed by atoms with Gasteiger partial charge in [0, 0.05) is 17.2 Å². The number of methoxy groups -OCH3 is 1. The van der Waals surface area contributed by atoms with Gasteiger partial charge in [0.1, 0.15) is 12.4 Å². The summed E-state index contributed by atoms with van der Waals surface area (Å²) in [7, 11) is 1.55. The molecule has 1 N–H and O–H groups in total. The van der Waals surface area contributed by atoms with Crippen molar-refractivity contribution in [3.05, 3.63) is 53.6 Å². The number of ether oxygens (including phenoxy) is 2. The van der Waals surface area contributed by atoms with Crippen molar-refractivity contribution >= 4 is 17.8 Å². The number of hydrogen-bond acceptors (Lipinski definition) is 5. The second-order valence-electron chi connectivity index (χ2n) is 5.30. The third kappa shape index (κ3) is 4.55. The molecule has 1 aliphatic rings. The summed E-state index contributed by atoms with van der Waals surface area (Å²) in [5, 5.41) is 2.08. The molecule has 1 heterocycles. The van der Waals surface area contributed by atoms with Crippen LogP contribution in [0, 0.1) is 0 Å². The van der Waals surface area contributed by atoms with Crippen molar-refractivity contribution < 1.29 is 23.9 Å². The monoisotopic (exact) mass is 329 g/mol. The van der Waals surface area contributed by atoms with E-state index in [1.54, 1.807) is 7.11 Å². The molecule has 2 amide bonds. The Bertz CT molecular complexity index is 705. The fraction of sp³-hybridized carbons (Fsp3) is 0.278. The summed E-state index contributed by atoms with van der Waals surface area (Å²) in [6.45, 7) is 3.73. The topological polar surface area (TPSA) is 81.7 Å². The molecule has 0 atom stereocenters. The number of nitrogens with one attached hydrogen (secondary N) is 1. The lowest BCUT2D eigenvalue weighted by Crippen LogP contribution is -2.23. The van der Waals surface area contributed by atoms with Crippen LogP contribution in [-0.2, 0) is 32.1 Å². The minimum atomic E-state index is -0.580. The SMILES string of the molecule is C=CCCc1ccc(COC(=O)CC2=CC(=O)NC2=O)c(OC)c1. The largest absolute Gasteiger partial charge is 0.496 e. The molecule has 0 fully saturated rings. The Labute approximate surface area is 140 Å². The van der Waals surface area contributed by atoms with Gasteiger partial charge in [0.25, 0.3) is 11.8 Å². The number of esters is 1. The summed E-state index contributed by atoms with van der Waals surface area (Å²) in [5.74, 6) is -1.01. The van der Waals surface area contributed by atoms with E-state index in [0.29, 0.717) is 5.75 Å². The number of aryl methyl sites for hydroxylation is 1. The number of imide groups is 1. The maximum atomic E-state index is 11.8. The van der Waals surface area contributed by atoms with Gasteiger partial charge in [-0.05, 0) is 24.5 Å². The maximum Gasteiger partial charge on any atom is 0.310 e. The van der Waals surface area contributed by atoms with Crippen LogP contribution in [0.2, 0.25) is 0 Å². The van der Waals surface area contributed by atoms with Crippen LogP contribution in [0.5, 0.6) is 5.75 Å². The fourth-order valence-corrected chi connectivity index (χ4v) is 2.28. The number of carbonyl (C=O) groups is 3. The van der Waals surface area contributed by atoms with Crippen molar-refractivity contribution in [2.75, 3.05) is 7.11 Å². The molecule has 0 unspecified atom stereocenters. The van der Waals surface area contributed by atoms with E-state index < -0.39 is 17.8 Å². The van der Waals surface area contributed by atoms with Gasteiger partial charge >= 0.3 is 5.97 Å². The number of amides is 2. The van der Waals surface area contributed by atoms with E-state index in [1.807, 2.05) is 24.3 Å². The normalized spacial score (nSPS) is 13.3. The number of allylic oxidation sites excluding steroid dienone is 1. The first-order valence-electron chi connectivity index (χ1n) is 7.51. The molecule has 1 aromatic rings. The van der Waals surface area contributed by atoms with Crippen molar-refractivity contribution in [2.24, 2.45) is 0 Å². The molecule has 0 aliphatic carbocycles. The van der Waals surface area contributed by atoms with Crippen LogP contribution in [0.1, 0.15) is 24.0 Å². The highest BCUT2D eigenvalue weighted by Crippen LogP contribution is 2.22. The quantitative estimate of drug-likeness (QED) is 0.447. The van der Waals surface area contributed by atoms with Crippen molar-refractivity contribution in [1.82, 2.24) is 5.32 Å². The van der Waals surface area contributed by atoms with Gasteiger partial charge in [-0.15, -0.1) is 6.58 Å². The van der Waals surface area contributed by atoms with Gasteiger partial charge in [-0.1, -0.05) is 18.2 Å². The van der Waals surface area contributed by atoms with Crippen molar-refractivity contribution in [3.63, 3.8) is 0 Å². The first-order valence-corrected chi connectivity index (χ1v) is 7.51. The van der Waals surface area contributed by atoms with Crippen molar-refractivity contribution in [1.29, 1.82) is 0 Å². The van der Waals surface area contributed by atoms with E-state index in [9.17, 15) is 14.4 Å². The smallest absolute Gasteiger partial charge is 0.310 e. The predicted octanol–water partition coefficient (Wildman–Crippen LogP) is 1.83. The number of carbonyl (C=O) groups excluding carboxylic acids is 3. The van der Waals surface area contributed by atoms with E-state index >= 15 is 0 Å². The summed E-state index contributed by atoms with van der Waals surface area (Å²) >= 11 is 0. The molecule has 0 saturated heterocycles. The number of rotatable bonds is 8. The van der Waals surface area contributed by atoms with Gasteiger partial charge in [0.05, 0.1) is 13.5 Å². The molecule has 0 radical (unpaired) electrons. The standard InChI is InChI=1S/C18H19NO5/c1-3-4-5-12-6-7-13(15(8-12)23-2)11-24-17(21)10-14-9-16(20)19-18(14)22/h3,6-9H,1,4-5,10-11H2,2H3,(H,19,20,22). The fourth-order valence-electron chi connectivity index (χ4n) is 2.28. The van der Waals surface area contributed by atoms with Gasteiger partial charge in [-0.3, -0.25) is 19.7 Å². The van der Waals surface area contributed by atoms with Crippen LogP contribution in [0.15, 0.2) is 42.5 Å². The maximum absolute atomic E-state index is 11.8. The van der Waals surface area contributed by atoms with E-state index in [0.717, 1.165) is 30.0 Å². The summed E-state index contributed by atoms with van der Waals surface area (Å²) in [5.41, 5.74) is 1.94. The lowest BCUT2D eigenvalue weighted by Gasteiger charge is -2.11. The van der Waals surface area contributed by atoms with Crippen LogP contribution in [0.25, 0.3) is 0 Å². The molecule has 1 aromatic carbocycles. The third-order valence-electron chi connectivity index (χ3n) is 3.55. The van der Waals surface area contributed by atoms with Gasteiger partial charge in [-0.2, -0.15) is 0 Å². The summed E-state index contributed by atoms with van der Waals surface area (Å²) in [4.78, 5) is 34.2. The summed E-state index contributed by atoms with van der Waals surface area (Å²) in [6.07, 6.45) is 4.45. The lowest BCUT2D eigenvalue weighted by atomic mass is 10.1. The Kier molecular flexibility index (Phi) is 5.89. The van der Waals surface area contributed by atoms with Crippen molar-refractivity contribution in [3.8, 4) is 5.75 Å². The molecule has 126 valence electrons. The molecule has 24 heavy (non-hydrogen) atoms. The molecule has 0 spiro atoms. The van der Waals surface area contributed by atoms with Crippen LogP contribution in [-0.4, -0.2) is 24.9 Å². The van der Waals surface area contributed by atoms with E-state index in [1.165, 1.54) is 0 Å². The molecule has 0 saturated carbocycles. The van der Waals surface area contributed by atoms with Gasteiger partial charge in [-0.25, -0.2) is 0 Å². The molecule has 2 rings (SSSR count). The first-order chi connectivity index (χ1) is 11.5. The molecular formula is C18H19NO5. The highest BCUT2D eigenvalue weighted by molar-refractivity contribution is 6.17.